The van der Waals surface area contributed by atoms with Crippen LogP contribution >= 0.6 is 0 Å². The maximum atomic E-state index is 14.0. The number of benzene rings is 1. The number of fused-ring (bicyclic) bond motifs is 1. The first-order chi connectivity index (χ1) is 10.2. The van der Waals surface area contributed by atoms with Gasteiger partial charge in [-0.15, -0.1) is 0 Å². The molecule has 0 atom stereocenters. The van der Waals surface area contributed by atoms with E-state index in [2.05, 4.69) is 29.0 Å². The third-order valence-corrected chi connectivity index (χ3v) is 3.75. The van der Waals surface area contributed by atoms with E-state index in [9.17, 15) is 4.39 Å². The molecule has 0 unspecified atom stereocenters. The van der Waals surface area contributed by atoms with Gasteiger partial charge in [0.05, 0.1) is 5.39 Å². The summed E-state index contributed by atoms with van der Waals surface area (Å²) in [6.45, 7) is 8.19. The lowest BCUT2D eigenvalue weighted by Crippen LogP contribution is -2.25. The minimum atomic E-state index is -0.293. The maximum Gasteiger partial charge on any atom is 0.136 e. The van der Waals surface area contributed by atoms with Crippen molar-refractivity contribution in [1.82, 2.24) is 9.88 Å². The molecule has 0 fully saturated rings. The Hall–Kier alpha value is -1.88. The quantitative estimate of drug-likeness (QED) is 0.608. The van der Waals surface area contributed by atoms with Crippen molar-refractivity contribution in [3.05, 3.63) is 30.2 Å². The van der Waals surface area contributed by atoms with Gasteiger partial charge in [0.1, 0.15) is 11.6 Å². The average molecular weight is 290 g/mol. The summed E-state index contributed by atoms with van der Waals surface area (Å²) >= 11 is 0. The van der Waals surface area contributed by atoms with Crippen molar-refractivity contribution < 1.29 is 4.39 Å². The third kappa shape index (κ3) is 3.61. The van der Waals surface area contributed by atoms with Crippen LogP contribution in [0, 0.1) is 5.82 Å². The molecule has 4 nitrogen and oxygen atoms in total. The lowest BCUT2D eigenvalue weighted by atomic mass is 10.1. The molecule has 1 heterocycles. The van der Waals surface area contributed by atoms with Crippen molar-refractivity contribution in [3.8, 4) is 0 Å². The predicted molar refractivity (Wildman–Crippen MR) is 87.0 cm³/mol. The van der Waals surface area contributed by atoms with Crippen LogP contribution in [0.4, 0.5) is 15.9 Å². The van der Waals surface area contributed by atoms with Crippen LogP contribution in [0.3, 0.4) is 0 Å². The van der Waals surface area contributed by atoms with Gasteiger partial charge in [-0.2, -0.15) is 0 Å². The molecule has 0 saturated carbocycles. The van der Waals surface area contributed by atoms with Crippen LogP contribution in [0.2, 0.25) is 0 Å². The number of anilines is 2. The molecule has 0 saturated heterocycles. The van der Waals surface area contributed by atoms with Gasteiger partial charge in [0.15, 0.2) is 0 Å². The van der Waals surface area contributed by atoms with Crippen LogP contribution in [0.15, 0.2) is 24.4 Å². The summed E-state index contributed by atoms with van der Waals surface area (Å²) in [6, 6.07) is 4.72. The Morgan fingerprint density at radius 2 is 2.00 bits per heavy atom. The topological polar surface area (TPSA) is 54.2 Å². The Morgan fingerprint density at radius 3 is 2.71 bits per heavy atom. The molecule has 114 valence electrons. The fourth-order valence-electron chi connectivity index (χ4n) is 2.46. The first kappa shape index (κ1) is 15.5. The zero-order valence-corrected chi connectivity index (χ0v) is 12.7. The van der Waals surface area contributed by atoms with E-state index in [4.69, 9.17) is 5.73 Å². The zero-order chi connectivity index (χ0) is 15.2. The molecule has 0 radical (unpaired) electrons. The highest BCUT2D eigenvalue weighted by Gasteiger charge is 2.09. The number of hydrogen-bond acceptors (Lipinski definition) is 4. The Morgan fingerprint density at radius 1 is 1.24 bits per heavy atom. The lowest BCUT2D eigenvalue weighted by Gasteiger charge is -2.18. The van der Waals surface area contributed by atoms with Gasteiger partial charge < -0.3 is 16.0 Å². The molecule has 3 N–H and O–H groups in total. The molecule has 0 aliphatic carbocycles. The van der Waals surface area contributed by atoms with Gasteiger partial charge in [-0.3, -0.25) is 0 Å². The molecule has 0 amide bonds. The third-order valence-electron chi connectivity index (χ3n) is 3.75. The summed E-state index contributed by atoms with van der Waals surface area (Å²) in [6.07, 6.45) is 2.65. The minimum absolute atomic E-state index is 0.293. The van der Waals surface area contributed by atoms with E-state index in [0.29, 0.717) is 22.3 Å². The number of halogens is 1. The van der Waals surface area contributed by atoms with E-state index in [0.717, 1.165) is 32.6 Å². The fourth-order valence-corrected chi connectivity index (χ4v) is 2.46. The fraction of sp³-hybridized carbons (Fsp3) is 0.438. The van der Waals surface area contributed by atoms with E-state index >= 15 is 0 Å². The predicted octanol–water partition coefficient (Wildman–Crippen LogP) is 3.10. The molecule has 0 bridgehead atoms. The Labute approximate surface area is 125 Å². The molecule has 1 aromatic carbocycles. The van der Waals surface area contributed by atoms with Crippen LogP contribution in [-0.4, -0.2) is 36.1 Å². The number of nitrogen functional groups attached to an aromatic ring is 1. The summed E-state index contributed by atoms with van der Waals surface area (Å²) in [4.78, 5) is 6.60. The molecule has 0 aliphatic rings. The molecule has 1 aromatic heterocycles. The second-order valence-electron chi connectivity index (χ2n) is 5.03. The van der Waals surface area contributed by atoms with Crippen molar-refractivity contribution >= 4 is 22.3 Å². The summed E-state index contributed by atoms with van der Waals surface area (Å²) in [5, 5.41) is 4.40. The minimum Gasteiger partial charge on any atom is -0.398 e. The zero-order valence-electron chi connectivity index (χ0n) is 12.7. The van der Waals surface area contributed by atoms with E-state index in [1.165, 1.54) is 6.07 Å². The Bertz CT molecular complexity index is 596. The van der Waals surface area contributed by atoms with Crippen molar-refractivity contribution in [2.45, 2.75) is 20.3 Å². The molecule has 0 aliphatic heterocycles. The molecular formula is C16H23FN4. The molecule has 21 heavy (non-hydrogen) atoms. The SMILES string of the molecule is CCN(CC)CCCNc1nccc2c(N)ccc(F)c12. The van der Waals surface area contributed by atoms with Gasteiger partial charge in [-0.05, 0) is 44.3 Å². The van der Waals surface area contributed by atoms with Crippen molar-refractivity contribution in [3.63, 3.8) is 0 Å². The number of aromatic nitrogens is 1. The van der Waals surface area contributed by atoms with Gasteiger partial charge in [-0.25, -0.2) is 9.37 Å². The highest BCUT2D eigenvalue weighted by Crippen LogP contribution is 2.28. The summed E-state index contributed by atoms with van der Waals surface area (Å²) in [5.74, 6) is 0.274. The maximum absolute atomic E-state index is 14.0. The number of nitrogens with zero attached hydrogens (tertiary/aromatic N) is 2. The first-order valence-corrected chi connectivity index (χ1v) is 7.46. The number of rotatable bonds is 7. The normalized spacial score (nSPS) is 11.2. The van der Waals surface area contributed by atoms with Crippen LogP contribution in [-0.2, 0) is 0 Å². The smallest absolute Gasteiger partial charge is 0.136 e. The molecule has 2 aromatic rings. The van der Waals surface area contributed by atoms with Crippen molar-refractivity contribution in [2.24, 2.45) is 0 Å². The number of pyridine rings is 1. The second kappa shape index (κ2) is 7.22. The number of nitrogens with two attached hydrogens (primary N) is 1. The monoisotopic (exact) mass is 290 g/mol. The molecule has 5 heteroatoms. The highest BCUT2D eigenvalue weighted by atomic mass is 19.1. The van der Waals surface area contributed by atoms with Gasteiger partial charge in [-0.1, -0.05) is 13.8 Å². The Kier molecular flexibility index (Phi) is 5.33. The average Bonchev–Trinajstić information content (AvgIpc) is 2.51. The van der Waals surface area contributed by atoms with Gasteiger partial charge in [0.25, 0.3) is 0 Å². The molecular weight excluding hydrogens is 267 g/mol. The summed E-state index contributed by atoms with van der Waals surface area (Å²) < 4.78 is 14.0. The van der Waals surface area contributed by atoms with Crippen molar-refractivity contribution in [1.29, 1.82) is 0 Å². The van der Waals surface area contributed by atoms with Crippen molar-refractivity contribution in [2.75, 3.05) is 37.2 Å². The highest BCUT2D eigenvalue weighted by molar-refractivity contribution is 5.99. The van der Waals surface area contributed by atoms with Gasteiger partial charge >= 0.3 is 0 Å². The Balaban J connectivity index is 2.07. The van der Waals surface area contributed by atoms with E-state index in [1.54, 1.807) is 18.3 Å². The van der Waals surface area contributed by atoms with E-state index in [-0.39, 0.29) is 5.82 Å². The van der Waals surface area contributed by atoms with Crippen LogP contribution in [0.5, 0.6) is 0 Å². The lowest BCUT2D eigenvalue weighted by molar-refractivity contribution is 0.303. The van der Waals surface area contributed by atoms with Crippen LogP contribution in [0.1, 0.15) is 20.3 Å². The number of nitrogens with one attached hydrogen (secondary N) is 1. The summed E-state index contributed by atoms with van der Waals surface area (Å²) in [5.41, 5.74) is 6.47. The first-order valence-electron chi connectivity index (χ1n) is 7.46. The van der Waals surface area contributed by atoms with Gasteiger partial charge in [0.2, 0.25) is 0 Å². The standard InChI is InChI=1S/C16H23FN4/c1-3-21(4-2)11-5-9-19-16-15-12(8-10-20-16)14(18)7-6-13(15)17/h6-8,10H,3-5,9,11,18H2,1-2H3,(H,19,20). The second-order valence-corrected chi connectivity index (χ2v) is 5.03. The molecule has 2 rings (SSSR count). The largest absolute Gasteiger partial charge is 0.398 e. The number of hydrogen-bond donors (Lipinski definition) is 2. The van der Waals surface area contributed by atoms with Gasteiger partial charge in [0, 0.05) is 23.8 Å². The van der Waals surface area contributed by atoms with E-state index < -0.39 is 0 Å². The van der Waals surface area contributed by atoms with Crippen LogP contribution < -0.4 is 11.1 Å². The van der Waals surface area contributed by atoms with Crippen LogP contribution in [0.25, 0.3) is 10.8 Å². The summed E-state index contributed by atoms with van der Waals surface area (Å²) in [7, 11) is 0. The van der Waals surface area contributed by atoms with E-state index in [1.807, 2.05) is 0 Å². The molecule has 0 spiro atoms.